The van der Waals surface area contributed by atoms with Crippen LogP contribution >= 0.6 is 0 Å². The van der Waals surface area contributed by atoms with Crippen LogP contribution in [0.25, 0.3) is 0 Å². The molecule has 0 saturated heterocycles. The van der Waals surface area contributed by atoms with Gasteiger partial charge in [0.2, 0.25) is 15.9 Å². The third-order valence-electron chi connectivity index (χ3n) is 3.54. The smallest absolute Gasteiger partial charge is 0.240 e. The minimum absolute atomic E-state index is 0.106. The van der Waals surface area contributed by atoms with Crippen molar-refractivity contribution in [3.63, 3.8) is 0 Å². The Morgan fingerprint density at radius 3 is 2.45 bits per heavy atom. The maximum Gasteiger partial charge on any atom is 0.240 e. The van der Waals surface area contributed by atoms with E-state index in [1.807, 2.05) is 13.8 Å². The fourth-order valence-corrected chi connectivity index (χ4v) is 3.07. The van der Waals surface area contributed by atoms with Gasteiger partial charge in [0, 0.05) is 19.5 Å². The van der Waals surface area contributed by atoms with Crippen molar-refractivity contribution in [3.8, 4) is 0 Å². The van der Waals surface area contributed by atoms with Crippen molar-refractivity contribution in [2.24, 2.45) is 0 Å². The molecule has 0 saturated carbocycles. The predicted molar refractivity (Wildman–Crippen MR) is 88.3 cm³/mol. The molecule has 0 aliphatic heterocycles. The molecule has 0 radical (unpaired) electrons. The normalized spacial score (nSPS) is 11.4. The first-order chi connectivity index (χ1) is 10.4. The van der Waals surface area contributed by atoms with Crippen LogP contribution in [0.3, 0.4) is 0 Å². The summed E-state index contributed by atoms with van der Waals surface area (Å²) in [7, 11) is -3.55. The number of nitrogens with one attached hydrogen (secondary N) is 2. The lowest BCUT2D eigenvalue weighted by Crippen LogP contribution is -2.31. The number of hydrogen-bond donors (Lipinski definition) is 2. The molecule has 6 heteroatoms. The summed E-state index contributed by atoms with van der Waals surface area (Å²) >= 11 is 0. The molecule has 0 heterocycles. The van der Waals surface area contributed by atoms with Crippen molar-refractivity contribution >= 4 is 15.9 Å². The third-order valence-corrected chi connectivity index (χ3v) is 4.99. The van der Waals surface area contributed by atoms with E-state index in [0.717, 1.165) is 30.4 Å². The molecule has 1 rings (SSSR count). The Bertz CT molecular complexity index is 597. The molecule has 0 aromatic heterocycles. The molecule has 0 unspecified atom stereocenters. The van der Waals surface area contributed by atoms with Gasteiger partial charge in [0.1, 0.15) is 0 Å². The van der Waals surface area contributed by atoms with Gasteiger partial charge in [-0.25, -0.2) is 13.1 Å². The van der Waals surface area contributed by atoms with Crippen LogP contribution in [0.5, 0.6) is 0 Å². The summed E-state index contributed by atoms with van der Waals surface area (Å²) in [5.74, 6) is -0.126. The van der Waals surface area contributed by atoms with Crippen molar-refractivity contribution in [2.45, 2.75) is 51.3 Å². The molecule has 0 atom stereocenters. The summed E-state index contributed by atoms with van der Waals surface area (Å²) in [5, 5.41) is 2.79. The van der Waals surface area contributed by atoms with E-state index in [9.17, 15) is 13.2 Å². The Morgan fingerprint density at radius 2 is 1.82 bits per heavy atom. The van der Waals surface area contributed by atoms with Crippen LogP contribution in [0.2, 0.25) is 0 Å². The first-order valence-corrected chi connectivity index (χ1v) is 9.18. The van der Waals surface area contributed by atoms with Gasteiger partial charge in [0.25, 0.3) is 0 Å². The minimum Gasteiger partial charge on any atom is -0.356 e. The number of benzene rings is 1. The molecule has 124 valence electrons. The molecule has 1 aromatic carbocycles. The second-order valence-electron chi connectivity index (χ2n) is 5.45. The zero-order valence-corrected chi connectivity index (χ0v) is 14.4. The van der Waals surface area contributed by atoms with E-state index in [2.05, 4.69) is 17.0 Å². The molecule has 0 bridgehead atoms. The zero-order valence-electron chi connectivity index (χ0n) is 13.6. The van der Waals surface area contributed by atoms with Crippen LogP contribution in [-0.2, 0) is 14.8 Å². The summed E-state index contributed by atoms with van der Waals surface area (Å²) in [5.41, 5.74) is 1.97. The van der Waals surface area contributed by atoms with Gasteiger partial charge in [0.15, 0.2) is 0 Å². The molecule has 1 amide bonds. The van der Waals surface area contributed by atoms with E-state index in [4.69, 9.17) is 0 Å². The molecule has 2 N–H and O–H groups in total. The Morgan fingerprint density at radius 1 is 1.09 bits per heavy atom. The standard InChI is InChI=1S/C16H26N2O3S/c1-4-5-6-10-17-16(19)9-11-18-22(20,21)15-8-7-13(2)14(3)12-15/h7-8,12,18H,4-6,9-11H2,1-3H3,(H,17,19). The second kappa shape index (κ2) is 8.90. The monoisotopic (exact) mass is 326 g/mol. The lowest BCUT2D eigenvalue weighted by Gasteiger charge is -2.09. The predicted octanol–water partition coefficient (Wildman–Crippen LogP) is 2.28. The number of unbranched alkanes of at least 4 members (excludes halogenated alkanes) is 2. The van der Waals surface area contributed by atoms with Crippen molar-refractivity contribution in [2.75, 3.05) is 13.1 Å². The van der Waals surface area contributed by atoms with Crippen LogP contribution in [0.15, 0.2) is 23.1 Å². The van der Waals surface area contributed by atoms with E-state index in [0.29, 0.717) is 6.54 Å². The summed E-state index contributed by atoms with van der Waals surface area (Å²) in [6, 6.07) is 5.00. The summed E-state index contributed by atoms with van der Waals surface area (Å²) in [6.07, 6.45) is 3.29. The van der Waals surface area contributed by atoms with Gasteiger partial charge < -0.3 is 5.32 Å². The van der Waals surface area contributed by atoms with Crippen LogP contribution in [0.1, 0.15) is 43.7 Å². The lowest BCUT2D eigenvalue weighted by atomic mass is 10.1. The van der Waals surface area contributed by atoms with Crippen molar-refractivity contribution < 1.29 is 13.2 Å². The molecule has 0 fully saturated rings. The topological polar surface area (TPSA) is 75.3 Å². The van der Waals surface area contributed by atoms with Crippen LogP contribution in [-0.4, -0.2) is 27.4 Å². The summed E-state index contributed by atoms with van der Waals surface area (Å²) in [4.78, 5) is 11.8. The van der Waals surface area contributed by atoms with Gasteiger partial charge in [-0.1, -0.05) is 25.8 Å². The quantitative estimate of drug-likeness (QED) is 0.684. The number of carbonyl (C=O) groups is 1. The van der Waals surface area contributed by atoms with E-state index in [-0.39, 0.29) is 23.8 Å². The second-order valence-corrected chi connectivity index (χ2v) is 7.22. The Balaban J connectivity index is 2.42. The van der Waals surface area contributed by atoms with Crippen molar-refractivity contribution in [3.05, 3.63) is 29.3 Å². The summed E-state index contributed by atoms with van der Waals surface area (Å²) in [6.45, 7) is 6.66. The first-order valence-electron chi connectivity index (χ1n) is 7.70. The maximum absolute atomic E-state index is 12.1. The highest BCUT2D eigenvalue weighted by molar-refractivity contribution is 7.89. The fraction of sp³-hybridized carbons (Fsp3) is 0.562. The van der Waals surface area contributed by atoms with Gasteiger partial charge in [-0.05, 0) is 43.5 Å². The van der Waals surface area contributed by atoms with E-state index in [1.54, 1.807) is 18.2 Å². The molecule has 22 heavy (non-hydrogen) atoms. The van der Waals surface area contributed by atoms with Gasteiger partial charge in [-0.15, -0.1) is 0 Å². The highest BCUT2D eigenvalue weighted by Crippen LogP contribution is 2.14. The summed E-state index contributed by atoms with van der Waals surface area (Å²) < 4.78 is 26.7. The average molecular weight is 326 g/mol. The van der Waals surface area contributed by atoms with E-state index >= 15 is 0 Å². The average Bonchev–Trinajstić information content (AvgIpc) is 2.46. The Hall–Kier alpha value is -1.40. The number of amides is 1. The molecule has 0 spiro atoms. The van der Waals surface area contributed by atoms with Crippen LogP contribution in [0, 0.1) is 13.8 Å². The zero-order chi connectivity index (χ0) is 16.6. The van der Waals surface area contributed by atoms with E-state index in [1.165, 1.54) is 0 Å². The Kier molecular flexibility index (Phi) is 7.55. The largest absolute Gasteiger partial charge is 0.356 e. The van der Waals surface area contributed by atoms with Gasteiger partial charge in [-0.2, -0.15) is 0 Å². The lowest BCUT2D eigenvalue weighted by molar-refractivity contribution is -0.120. The molecular formula is C16H26N2O3S. The molecule has 1 aromatic rings. The van der Waals surface area contributed by atoms with Gasteiger partial charge in [0.05, 0.1) is 4.90 Å². The fourth-order valence-electron chi connectivity index (χ4n) is 1.95. The number of rotatable bonds is 9. The number of aryl methyl sites for hydroxylation is 2. The molecule has 0 aliphatic rings. The molecular weight excluding hydrogens is 300 g/mol. The molecule has 0 aliphatic carbocycles. The van der Waals surface area contributed by atoms with E-state index < -0.39 is 10.0 Å². The van der Waals surface area contributed by atoms with Gasteiger partial charge >= 0.3 is 0 Å². The van der Waals surface area contributed by atoms with Crippen LogP contribution < -0.4 is 10.0 Å². The first kappa shape index (κ1) is 18.6. The number of sulfonamides is 1. The van der Waals surface area contributed by atoms with Crippen LogP contribution in [0.4, 0.5) is 0 Å². The highest BCUT2D eigenvalue weighted by Gasteiger charge is 2.14. The highest BCUT2D eigenvalue weighted by atomic mass is 32.2. The SMILES string of the molecule is CCCCCNC(=O)CCNS(=O)(=O)c1ccc(C)c(C)c1. The number of hydrogen-bond acceptors (Lipinski definition) is 3. The van der Waals surface area contributed by atoms with Crippen molar-refractivity contribution in [1.29, 1.82) is 0 Å². The minimum atomic E-state index is -3.55. The Labute approximate surface area is 133 Å². The third kappa shape index (κ3) is 6.15. The molecule has 5 nitrogen and oxygen atoms in total. The number of carbonyl (C=O) groups excluding carboxylic acids is 1. The van der Waals surface area contributed by atoms with Gasteiger partial charge in [-0.3, -0.25) is 4.79 Å². The maximum atomic E-state index is 12.1. The van der Waals surface area contributed by atoms with Crippen molar-refractivity contribution in [1.82, 2.24) is 10.0 Å².